The molecule has 2 aromatic heterocycles. The molecule has 0 saturated heterocycles. The average molecular weight is 382 g/mol. The van der Waals surface area contributed by atoms with Gasteiger partial charge in [0.25, 0.3) is 0 Å². The standard InChI is InChI=1S/C22H29N5O/c1-14-5-8-16(9-6-14)27-19(28)13-25-20-21(27)26-17(12-24-20)15-7-10-18(23-11-15)22(2,3)4/h7,10-12,14,16H,5-6,8-9,13H2,1-4H3,(H,24,25)/t14-,16-/i13D2. The first-order valence-corrected chi connectivity index (χ1v) is 10.0. The third-order valence-corrected chi connectivity index (χ3v) is 5.67. The van der Waals surface area contributed by atoms with Crippen LogP contribution in [0.25, 0.3) is 11.3 Å². The molecular formula is C22H29N5O. The van der Waals surface area contributed by atoms with Crippen LogP contribution in [0.15, 0.2) is 24.5 Å². The van der Waals surface area contributed by atoms with Crippen LogP contribution in [0.2, 0.25) is 0 Å². The zero-order valence-corrected chi connectivity index (χ0v) is 17.0. The molecular weight excluding hydrogens is 350 g/mol. The molecule has 1 amide bonds. The predicted molar refractivity (Wildman–Crippen MR) is 111 cm³/mol. The quantitative estimate of drug-likeness (QED) is 0.845. The Kier molecular flexibility index (Phi) is 4.20. The van der Waals surface area contributed by atoms with Gasteiger partial charge in [0.05, 0.1) is 21.1 Å². The second-order valence-electron chi connectivity index (χ2n) is 8.95. The van der Waals surface area contributed by atoms with Crippen molar-refractivity contribution in [3.05, 3.63) is 30.2 Å². The molecule has 0 bridgehead atoms. The summed E-state index contributed by atoms with van der Waals surface area (Å²) < 4.78 is 16.3. The fraction of sp³-hybridized carbons (Fsp3) is 0.545. The largest absolute Gasteiger partial charge is 0.358 e. The highest BCUT2D eigenvalue weighted by Gasteiger charge is 2.34. The Morgan fingerprint density at radius 2 is 1.89 bits per heavy atom. The van der Waals surface area contributed by atoms with Gasteiger partial charge in [-0.2, -0.15) is 0 Å². The van der Waals surface area contributed by atoms with Gasteiger partial charge in [-0.25, -0.2) is 9.97 Å². The second kappa shape index (κ2) is 7.15. The lowest BCUT2D eigenvalue weighted by Gasteiger charge is -2.38. The van der Waals surface area contributed by atoms with Gasteiger partial charge in [0.15, 0.2) is 11.6 Å². The van der Waals surface area contributed by atoms with Crippen LogP contribution in [0.3, 0.4) is 0 Å². The molecule has 1 aliphatic heterocycles. The van der Waals surface area contributed by atoms with Crippen LogP contribution in [0.5, 0.6) is 0 Å². The van der Waals surface area contributed by atoms with Gasteiger partial charge in [0.2, 0.25) is 5.91 Å². The number of anilines is 2. The molecule has 3 heterocycles. The molecule has 6 nitrogen and oxygen atoms in total. The average Bonchev–Trinajstić information content (AvgIpc) is 2.69. The van der Waals surface area contributed by atoms with Gasteiger partial charge in [-0.15, -0.1) is 0 Å². The summed E-state index contributed by atoms with van der Waals surface area (Å²) in [5.74, 6) is 0.746. The Hall–Kier alpha value is -2.50. The van der Waals surface area contributed by atoms with Crippen LogP contribution in [-0.2, 0) is 10.2 Å². The molecule has 148 valence electrons. The molecule has 28 heavy (non-hydrogen) atoms. The van der Waals surface area contributed by atoms with Crippen molar-refractivity contribution in [2.75, 3.05) is 16.7 Å². The fourth-order valence-corrected chi connectivity index (χ4v) is 3.87. The first kappa shape index (κ1) is 16.5. The molecule has 6 heteroatoms. The molecule has 1 aliphatic carbocycles. The van der Waals surface area contributed by atoms with Crippen molar-refractivity contribution in [2.24, 2.45) is 5.92 Å². The van der Waals surface area contributed by atoms with E-state index in [0.717, 1.165) is 36.9 Å². The minimum atomic E-state index is -2.19. The molecule has 0 atom stereocenters. The first-order valence-electron chi connectivity index (χ1n) is 11.0. The van der Waals surface area contributed by atoms with Crippen LogP contribution in [0.4, 0.5) is 11.6 Å². The van der Waals surface area contributed by atoms with Gasteiger partial charge in [-0.05, 0) is 43.7 Å². The minimum Gasteiger partial charge on any atom is -0.358 e. The maximum Gasteiger partial charge on any atom is 0.247 e. The monoisotopic (exact) mass is 381 g/mol. The summed E-state index contributed by atoms with van der Waals surface area (Å²) in [7, 11) is 0. The number of nitrogens with zero attached hydrogens (tertiary/aromatic N) is 4. The number of rotatable bonds is 2. The molecule has 0 aromatic carbocycles. The summed E-state index contributed by atoms with van der Waals surface area (Å²) in [6.45, 7) is 6.36. The highest BCUT2D eigenvalue weighted by atomic mass is 16.2. The molecule has 0 radical (unpaired) electrons. The summed E-state index contributed by atoms with van der Waals surface area (Å²) in [5.41, 5.74) is 2.38. The molecule has 0 spiro atoms. The smallest absolute Gasteiger partial charge is 0.247 e. The van der Waals surface area contributed by atoms with E-state index in [1.807, 2.05) is 12.1 Å². The second-order valence-corrected chi connectivity index (χ2v) is 8.95. The van der Waals surface area contributed by atoms with Crippen molar-refractivity contribution in [1.82, 2.24) is 15.0 Å². The van der Waals surface area contributed by atoms with Gasteiger partial charge in [-0.3, -0.25) is 14.7 Å². The maximum atomic E-state index is 13.0. The lowest BCUT2D eigenvalue weighted by atomic mass is 9.86. The fourth-order valence-electron chi connectivity index (χ4n) is 3.87. The minimum absolute atomic E-state index is 0.0447. The van der Waals surface area contributed by atoms with Crippen LogP contribution in [0.1, 0.15) is 61.8 Å². The third kappa shape index (κ3) is 3.60. The van der Waals surface area contributed by atoms with Crippen LogP contribution in [-0.4, -0.2) is 33.4 Å². The maximum absolute atomic E-state index is 13.0. The van der Waals surface area contributed by atoms with Gasteiger partial charge >= 0.3 is 0 Å². The van der Waals surface area contributed by atoms with Gasteiger partial charge in [0.1, 0.15) is 0 Å². The molecule has 1 fully saturated rings. The first-order chi connectivity index (χ1) is 14.1. The molecule has 4 rings (SSSR count). The molecule has 1 saturated carbocycles. The van der Waals surface area contributed by atoms with Crippen molar-refractivity contribution in [2.45, 2.75) is 64.8 Å². The normalized spacial score (nSPS) is 25.4. The van der Waals surface area contributed by atoms with Crippen molar-refractivity contribution >= 4 is 17.5 Å². The van der Waals surface area contributed by atoms with E-state index in [4.69, 9.17) is 7.73 Å². The van der Waals surface area contributed by atoms with E-state index >= 15 is 0 Å². The van der Waals surface area contributed by atoms with E-state index in [1.54, 1.807) is 17.3 Å². The Morgan fingerprint density at radius 1 is 1.14 bits per heavy atom. The Labute approximate surface area is 169 Å². The third-order valence-electron chi connectivity index (χ3n) is 5.67. The lowest BCUT2D eigenvalue weighted by molar-refractivity contribution is -0.117. The van der Waals surface area contributed by atoms with E-state index in [1.165, 1.54) is 0 Å². The Morgan fingerprint density at radius 3 is 2.54 bits per heavy atom. The highest BCUT2D eigenvalue weighted by molar-refractivity contribution is 6.01. The topological polar surface area (TPSA) is 71.0 Å². The number of hydrogen-bond acceptors (Lipinski definition) is 5. The van der Waals surface area contributed by atoms with Crippen molar-refractivity contribution in [3.8, 4) is 11.3 Å². The molecule has 2 aliphatic rings. The van der Waals surface area contributed by atoms with Gasteiger partial charge in [0, 0.05) is 28.9 Å². The van der Waals surface area contributed by atoms with Crippen LogP contribution in [0, 0.1) is 5.92 Å². The number of aromatic nitrogens is 3. The zero-order chi connectivity index (χ0) is 21.7. The number of carbonyl (C=O) groups is 1. The van der Waals surface area contributed by atoms with Crippen LogP contribution >= 0.6 is 0 Å². The van der Waals surface area contributed by atoms with Gasteiger partial charge in [-0.1, -0.05) is 27.7 Å². The van der Waals surface area contributed by atoms with E-state index in [-0.39, 0.29) is 11.5 Å². The summed E-state index contributed by atoms with van der Waals surface area (Å²) in [6.07, 6.45) is 7.11. The molecule has 1 N–H and O–H groups in total. The SMILES string of the molecule is [2H]C1([2H])Nc2ncc(-c3ccc(C(C)(C)C)nc3)nc2N([C@H]2CC[C@H](C)CC2)C1=O. The predicted octanol–water partition coefficient (Wildman–Crippen LogP) is 4.17. The highest BCUT2D eigenvalue weighted by Crippen LogP contribution is 2.35. The lowest BCUT2D eigenvalue weighted by Crippen LogP contribution is -2.48. The van der Waals surface area contributed by atoms with E-state index in [0.29, 0.717) is 23.2 Å². The Bertz CT molecular complexity index is 947. The number of pyridine rings is 1. The summed E-state index contributed by atoms with van der Waals surface area (Å²) in [4.78, 5) is 28.3. The number of amides is 1. The Balaban J connectivity index is 1.73. The molecule has 2 aromatic rings. The van der Waals surface area contributed by atoms with Crippen molar-refractivity contribution < 1.29 is 7.54 Å². The number of carbonyl (C=O) groups excluding carboxylic acids is 1. The van der Waals surface area contributed by atoms with Crippen molar-refractivity contribution in [1.29, 1.82) is 0 Å². The van der Waals surface area contributed by atoms with Crippen LogP contribution < -0.4 is 10.2 Å². The van der Waals surface area contributed by atoms with E-state index in [2.05, 4.69) is 43.0 Å². The summed E-state index contributed by atoms with van der Waals surface area (Å²) in [5, 5.41) is 2.62. The summed E-state index contributed by atoms with van der Waals surface area (Å²) >= 11 is 0. The van der Waals surface area contributed by atoms with E-state index in [9.17, 15) is 4.79 Å². The number of nitrogens with one attached hydrogen (secondary N) is 1. The number of hydrogen-bond donors (Lipinski definition) is 1. The van der Waals surface area contributed by atoms with E-state index < -0.39 is 12.4 Å². The molecule has 0 unspecified atom stereocenters. The van der Waals surface area contributed by atoms with Crippen molar-refractivity contribution in [3.63, 3.8) is 0 Å². The zero-order valence-electron chi connectivity index (χ0n) is 19.0. The number of fused-ring (bicyclic) bond motifs is 1. The van der Waals surface area contributed by atoms with Gasteiger partial charge < -0.3 is 5.32 Å². The summed E-state index contributed by atoms with van der Waals surface area (Å²) in [6, 6.07) is 3.89.